The van der Waals surface area contributed by atoms with Crippen LogP contribution < -0.4 is 9.75 Å². The summed E-state index contributed by atoms with van der Waals surface area (Å²) in [7, 11) is 1.58. The molecule has 1 saturated carbocycles. The van der Waals surface area contributed by atoms with Crippen LogP contribution in [0.5, 0.6) is 5.75 Å². The summed E-state index contributed by atoms with van der Waals surface area (Å²) in [5.74, 6) is 1.93. The number of ether oxygens (including phenoxy) is 1. The summed E-state index contributed by atoms with van der Waals surface area (Å²) < 4.78 is 5.38. The van der Waals surface area contributed by atoms with Crippen molar-refractivity contribution in [1.29, 1.82) is 10.5 Å². The normalized spacial score (nSPS) is 19.0. The number of pyridine rings is 1. The van der Waals surface area contributed by atoms with E-state index in [-0.39, 0.29) is 6.04 Å². The van der Waals surface area contributed by atoms with Crippen molar-refractivity contribution < 1.29 is 4.74 Å². The highest BCUT2D eigenvalue weighted by atomic mass is 16.5. The molecule has 1 fully saturated rings. The van der Waals surface area contributed by atoms with Gasteiger partial charge in [-0.15, -0.1) is 0 Å². The van der Waals surface area contributed by atoms with Crippen LogP contribution in [0.1, 0.15) is 54.5 Å². The van der Waals surface area contributed by atoms with E-state index >= 15 is 0 Å². The Morgan fingerprint density at radius 2 is 1.79 bits per heavy atom. The summed E-state index contributed by atoms with van der Waals surface area (Å²) in [6.45, 7) is 1.86. The van der Waals surface area contributed by atoms with Crippen LogP contribution in [0.2, 0.25) is 0 Å². The molecule has 29 heavy (non-hydrogen) atoms. The molecule has 0 amide bonds. The minimum Gasteiger partial charge on any atom is -0.495 e. The van der Waals surface area contributed by atoms with Crippen LogP contribution in [-0.2, 0) is 0 Å². The van der Waals surface area contributed by atoms with Crippen LogP contribution in [-0.4, -0.2) is 23.8 Å². The lowest BCUT2D eigenvalue weighted by atomic mass is 9.92. The van der Waals surface area contributed by atoms with Gasteiger partial charge in [-0.1, -0.05) is 18.9 Å². The van der Waals surface area contributed by atoms with E-state index in [0.717, 1.165) is 29.2 Å². The molecule has 0 bridgehead atoms. The standard InChI is InChI=1S/C23H23N5O/c1-15-18(13-24)9-10-23(26-15)28-21(16-5-3-4-6-16)12-20(27-28)17-7-8-19(14-25)22(11-17)29-2/h7-11,16,21H,3-6,12H2,1-2H3. The van der Waals surface area contributed by atoms with Crippen LogP contribution in [0.25, 0.3) is 0 Å². The predicted octanol–water partition coefficient (Wildman–Crippen LogP) is 4.32. The fraction of sp³-hybridized carbons (Fsp3) is 0.391. The van der Waals surface area contributed by atoms with Gasteiger partial charge in [0, 0.05) is 12.0 Å². The molecule has 1 unspecified atom stereocenters. The van der Waals surface area contributed by atoms with Gasteiger partial charge in [0.1, 0.15) is 23.7 Å². The van der Waals surface area contributed by atoms with Crippen molar-refractivity contribution in [1.82, 2.24) is 4.98 Å². The summed E-state index contributed by atoms with van der Waals surface area (Å²) in [5, 5.41) is 25.5. The van der Waals surface area contributed by atoms with Gasteiger partial charge in [0.05, 0.1) is 35.7 Å². The average Bonchev–Trinajstić information content (AvgIpc) is 3.43. The molecule has 1 aliphatic carbocycles. The third-order valence-corrected chi connectivity index (χ3v) is 5.97. The van der Waals surface area contributed by atoms with Crippen molar-refractivity contribution in [2.75, 3.05) is 12.1 Å². The van der Waals surface area contributed by atoms with Gasteiger partial charge in [-0.3, -0.25) is 0 Å². The van der Waals surface area contributed by atoms with Gasteiger partial charge >= 0.3 is 0 Å². The highest BCUT2D eigenvalue weighted by molar-refractivity contribution is 6.03. The number of aryl methyl sites for hydroxylation is 1. The minimum absolute atomic E-state index is 0.258. The molecule has 1 atom stereocenters. The third kappa shape index (κ3) is 3.54. The summed E-state index contributed by atoms with van der Waals surface area (Å²) in [5.41, 5.74) is 3.78. The second-order valence-corrected chi connectivity index (χ2v) is 7.65. The van der Waals surface area contributed by atoms with Gasteiger partial charge in [-0.25, -0.2) is 9.99 Å². The molecule has 6 nitrogen and oxygen atoms in total. The quantitative estimate of drug-likeness (QED) is 0.782. The zero-order chi connectivity index (χ0) is 20.4. The number of methoxy groups -OCH3 is 1. The highest BCUT2D eigenvalue weighted by Gasteiger charge is 2.36. The zero-order valence-corrected chi connectivity index (χ0v) is 16.7. The van der Waals surface area contributed by atoms with Gasteiger partial charge in [0.2, 0.25) is 0 Å². The first kappa shape index (κ1) is 19.0. The highest BCUT2D eigenvalue weighted by Crippen LogP contribution is 2.38. The molecule has 1 aliphatic heterocycles. The maximum atomic E-state index is 9.25. The Balaban J connectivity index is 1.73. The van der Waals surface area contributed by atoms with Crippen molar-refractivity contribution in [3.63, 3.8) is 0 Å². The Morgan fingerprint density at radius 1 is 1.07 bits per heavy atom. The zero-order valence-electron chi connectivity index (χ0n) is 16.7. The molecule has 2 aliphatic rings. The lowest BCUT2D eigenvalue weighted by Crippen LogP contribution is -2.33. The van der Waals surface area contributed by atoms with E-state index < -0.39 is 0 Å². The van der Waals surface area contributed by atoms with E-state index in [0.29, 0.717) is 22.8 Å². The maximum absolute atomic E-state index is 9.25. The van der Waals surface area contributed by atoms with E-state index in [1.54, 1.807) is 13.2 Å². The molecule has 0 N–H and O–H groups in total. The molecule has 0 saturated heterocycles. The predicted molar refractivity (Wildman–Crippen MR) is 111 cm³/mol. The fourth-order valence-electron chi connectivity index (χ4n) is 4.39. The van der Waals surface area contributed by atoms with Gasteiger partial charge in [0.25, 0.3) is 0 Å². The van der Waals surface area contributed by atoms with Gasteiger partial charge in [-0.05, 0) is 49.9 Å². The summed E-state index contributed by atoms with van der Waals surface area (Å²) in [6, 6.07) is 13.9. The first-order valence-electron chi connectivity index (χ1n) is 9.97. The topological polar surface area (TPSA) is 85.3 Å². The number of hydrogen-bond donors (Lipinski definition) is 0. The second kappa shape index (κ2) is 7.93. The van der Waals surface area contributed by atoms with Crippen LogP contribution in [0.4, 0.5) is 5.82 Å². The molecule has 4 rings (SSSR count). The Labute approximate surface area is 171 Å². The van der Waals surface area contributed by atoms with E-state index in [1.165, 1.54) is 25.7 Å². The molecule has 146 valence electrons. The number of hydrazone groups is 1. The van der Waals surface area contributed by atoms with Gasteiger partial charge < -0.3 is 4.74 Å². The van der Waals surface area contributed by atoms with E-state index in [1.807, 2.05) is 36.2 Å². The van der Waals surface area contributed by atoms with Crippen molar-refractivity contribution in [3.8, 4) is 17.9 Å². The van der Waals surface area contributed by atoms with E-state index in [4.69, 9.17) is 9.84 Å². The number of nitrogens with zero attached hydrogens (tertiary/aromatic N) is 5. The van der Waals surface area contributed by atoms with Crippen LogP contribution in [0.3, 0.4) is 0 Å². The van der Waals surface area contributed by atoms with Crippen molar-refractivity contribution in [2.45, 2.75) is 45.1 Å². The number of anilines is 1. The Bertz CT molecular complexity index is 1040. The van der Waals surface area contributed by atoms with E-state index in [9.17, 15) is 10.5 Å². The first-order valence-corrected chi connectivity index (χ1v) is 9.97. The number of aromatic nitrogens is 1. The monoisotopic (exact) mass is 385 g/mol. The maximum Gasteiger partial charge on any atom is 0.149 e. The molecule has 0 spiro atoms. The van der Waals surface area contributed by atoms with Crippen molar-refractivity contribution in [2.24, 2.45) is 11.0 Å². The van der Waals surface area contributed by atoms with Crippen LogP contribution in [0, 0.1) is 35.5 Å². The Kier molecular flexibility index (Phi) is 5.18. The number of benzene rings is 1. The third-order valence-electron chi connectivity index (χ3n) is 5.97. The Hall–Kier alpha value is -3.38. The largest absolute Gasteiger partial charge is 0.495 e. The van der Waals surface area contributed by atoms with Crippen molar-refractivity contribution in [3.05, 3.63) is 52.7 Å². The second-order valence-electron chi connectivity index (χ2n) is 7.65. The number of rotatable bonds is 4. The molecule has 2 heterocycles. The molecule has 2 aromatic rings. The molecule has 0 radical (unpaired) electrons. The smallest absolute Gasteiger partial charge is 0.149 e. The first-order chi connectivity index (χ1) is 14.1. The number of nitriles is 2. The average molecular weight is 385 g/mol. The van der Waals surface area contributed by atoms with Crippen LogP contribution in [0.15, 0.2) is 35.4 Å². The Morgan fingerprint density at radius 3 is 2.45 bits per heavy atom. The van der Waals surface area contributed by atoms with Crippen molar-refractivity contribution >= 4 is 11.5 Å². The summed E-state index contributed by atoms with van der Waals surface area (Å²) >= 11 is 0. The molecule has 1 aromatic heterocycles. The van der Waals surface area contributed by atoms with E-state index in [2.05, 4.69) is 17.1 Å². The minimum atomic E-state index is 0.258. The van der Waals surface area contributed by atoms with Gasteiger partial charge in [0.15, 0.2) is 0 Å². The lowest BCUT2D eigenvalue weighted by molar-refractivity contribution is 0.413. The lowest BCUT2D eigenvalue weighted by Gasteiger charge is -2.27. The molecule has 6 heteroatoms. The summed E-state index contributed by atoms with van der Waals surface area (Å²) in [6.07, 6.45) is 5.76. The molecular weight excluding hydrogens is 362 g/mol. The molecular formula is C23H23N5O. The SMILES string of the molecule is COc1cc(C2=NN(c3ccc(C#N)c(C)n3)C(C3CCCC3)C2)ccc1C#N. The number of hydrogen-bond acceptors (Lipinski definition) is 6. The summed E-state index contributed by atoms with van der Waals surface area (Å²) in [4.78, 5) is 4.67. The fourth-order valence-corrected chi connectivity index (χ4v) is 4.39. The van der Waals surface area contributed by atoms with Crippen LogP contribution >= 0.6 is 0 Å². The van der Waals surface area contributed by atoms with Gasteiger partial charge in [-0.2, -0.15) is 15.6 Å². The molecule has 1 aromatic carbocycles.